The third-order valence-electron chi connectivity index (χ3n) is 4.50. The lowest BCUT2D eigenvalue weighted by Crippen LogP contribution is -2.26. The molecule has 1 aliphatic heterocycles. The molecule has 0 N–H and O–H groups in total. The van der Waals surface area contributed by atoms with Crippen molar-refractivity contribution in [1.82, 2.24) is 4.90 Å². The van der Waals surface area contributed by atoms with Gasteiger partial charge in [0.05, 0.1) is 7.11 Å². The number of benzene rings is 2. The number of rotatable bonds is 4. The number of ether oxygens (including phenoxy) is 1. The molecule has 1 heterocycles. The van der Waals surface area contributed by atoms with Gasteiger partial charge in [-0.2, -0.15) is 0 Å². The molecule has 2 nitrogen and oxygen atoms in total. The summed E-state index contributed by atoms with van der Waals surface area (Å²) in [6.45, 7) is 4.51. The fraction of sp³-hybridized carbons (Fsp3) is 0.368. The van der Waals surface area contributed by atoms with E-state index in [0.29, 0.717) is 12.0 Å². The molecule has 2 heteroatoms. The third kappa shape index (κ3) is 3.27. The average Bonchev–Trinajstić information content (AvgIpc) is 2.89. The van der Waals surface area contributed by atoms with E-state index in [1.165, 1.54) is 17.5 Å². The predicted molar refractivity (Wildman–Crippen MR) is 86.7 cm³/mol. The van der Waals surface area contributed by atoms with Gasteiger partial charge in [0.2, 0.25) is 0 Å². The zero-order valence-electron chi connectivity index (χ0n) is 12.8. The molecular formula is C19H23NO. The minimum atomic E-state index is 0.610. The van der Waals surface area contributed by atoms with Crippen molar-refractivity contribution in [2.75, 3.05) is 13.7 Å². The molecular weight excluding hydrogens is 258 g/mol. The van der Waals surface area contributed by atoms with Crippen LogP contribution in [0.4, 0.5) is 0 Å². The lowest BCUT2D eigenvalue weighted by Gasteiger charge is -2.21. The minimum Gasteiger partial charge on any atom is -0.497 e. The second-order valence-electron chi connectivity index (χ2n) is 5.97. The summed E-state index contributed by atoms with van der Waals surface area (Å²) in [6.07, 6.45) is 1.22. The second-order valence-corrected chi connectivity index (χ2v) is 5.97. The molecule has 0 spiro atoms. The quantitative estimate of drug-likeness (QED) is 0.837. The van der Waals surface area contributed by atoms with Crippen molar-refractivity contribution >= 4 is 0 Å². The maximum Gasteiger partial charge on any atom is 0.119 e. The van der Waals surface area contributed by atoms with Crippen molar-refractivity contribution in [2.45, 2.75) is 31.8 Å². The van der Waals surface area contributed by atoms with E-state index in [9.17, 15) is 0 Å². The van der Waals surface area contributed by atoms with Crippen molar-refractivity contribution in [2.24, 2.45) is 0 Å². The van der Waals surface area contributed by atoms with Crippen LogP contribution in [0.3, 0.4) is 0 Å². The van der Waals surface area contributed by atoms with Gasteiger partial charge >= 0.3 is 0 Å². The van der Waals surface area contributed by atoms with Crippen LogP contribution in [0.5, 0.6) is 5.75 Å². The van der Waals surface area contributed by atoms with Gasteiger partial charge in [-0.05, 0) is 42.5 Å². The van der Waals surface area contributed by atoms with Crippen molar-refractivity contribution in [1.29, 1.82) is 0 Å². The summed E-state index contributed by atoms with van der Waals surface area (Å²) in [5.41, 5.74) is 2.80. The average molecular weight is 281 g/mol. The van der Waals surface area contributed by atoms with Gasteiger partial charge < -0.3 is 4.74 Å². The molecule has 2 aromatic carbocycles. The van der Waals surface area contributed by atoms with Gasteiger partial charge in [0.25, 0.3) is 0 Å². The molecule has 21 heavy (non-hydrogen) atoms. The minimum absolute atomic E-state index is 0.610. The highest BCUT2D eigenvalue weighted by molar-refractivity contribution is 5.32. The van der Waals surface area contributed by atoms with Gasteiger partial charge in [-0.3, -0.25) is 4.90 Å². The first-order valence-corrected chi connectivity index (χ1v) is 7.68. The van der Waals surface area contributed by atoms with E-state index < -0.39 is 0 Å². The Morgan fingerprint density at radius 2 is 1.90 bits per heavy atom. The summed E-state index contributed by atoms with van der Waals surface area (Å²) in [5.74, 6) is 1.57. The molecule has 0 radical (unpaired) electrons. The Bertz CT molecular complexity index is 581. The summed E-state index contributed by atoms with van der Waals surface area (Å²) in [4.78, 5) is 2.58. The van der Waals surface area contributed by atoms with Gasteiger partial charge in [-0.15, -0.1) is 0 Å². The molecule has 1 fully saturated rings. The van der Waals surface area contributed by atoms with Gasteiger partial charge in [-0.25, -0.2) is 0 Å². The molecule has 0 bridgehead atoms. The van der Waals surface area contributed by atoms with E-state index in [-0.39, 0.29) is 0 Å². The lowest BCUT2D eigenvalue weighted by molar-refractivity contribution is 0.259. The Labute approximate surface area is 127 Å². The molecule has 2 aromatic rings. The van der Waals surface area contributed by atoms with E-state index in [4.69, 9.17) is 4.74 Å². The molecule has 0 aliphatic carbocycles. The van der Waals surface area contributed by atoms with Crippen LogP contribution in [-0.2, 0) is 6.54 Å². The van der Waals surface area contributed by atoms with E-state index in [1.54, 1.807) is 7.11 Å². The molecule has 110 valence electrons. The molecule has 0 aromatic heterocycles. The van der Waals surface area contributed by atoms with E-state index in [2.05, 4.69) is 60.4 Å². The van der Waals surface area contributed by atoms with Crippen molar-refractivity contribution in [3.8, 4) is 5.75 Å². The van der Waals surface area contributed by atoms with Gasteiger partial charge in [0.1, 0.15) is 5.75 Å². The fourth-order valence-corrected chi connectivity index (χ4v) is 3.27. The third-order valence-corrected chi connectivity index (χ3v) is 4.50. The van der Waals surface area contributed by atoms with Crippen molar-refractivity contribution in [3.05, 3.63) is 65.7 Å². The Balaban J connectivity index is 1.70. The number of likely N-dealkylation sites (tertiary alicyclic amines) is 1. The van der Waals surface area contributed by atoms with E-state index in [1.807, 2.05) is 6.07 Å². The second kappa shape index (κ2) is 6.31. The van der Waals surface area contributed by atoms with E-state index in [0.717, 1.165) is 18.8 Å². The van der Waals surface area contributed by atoms with Gasteiger partial charge in [0, 0.05) is 19.1 Å². The SMILES string of the molecule is COc1cccc([C@H]2C[C@@H](C)N(Cc3ccccc3)C2)c1. The first kappa shape index (κ1) is 14.2. The Morgan fingerprint density at radius 1 is 1.10 bits per heavy atom. The van der Waals surface area contributed by atoms with Crippen LogP contribution in [0.2, 0.25) is 0 Å². The highest BCUT2D eigenvalue weighted by atomic mass is 16.5. The molecule has 0 amide bonds. The van der Waals surface area contributed by atoms with Crippen LogP contribution in [0.15, 0.2) is 54.6 Å². The standard InChI is InChI=1S/C19H23NO/c1-15-11-18(17-9-6-10-19(12-17)21-2)14-20(15)13-16-7-4-3-5-8-16/h3-10,12,15,18H,11,13-14H2,1-2H3/t15-,18+/m1/s1. The zero-order valence-corrected chi connectivity index (χ0v) is 12.8. The molecule has 1 aliphatic rings. The largest absolute Gasteiger partial charge is 0.497 e. The van der Waals surface area contributed by atoms with Crippen molar-refractivity contribution < 1.29 is 4.74 Å². The molecule has 1 saturated heterocycles. The molecule has 3 rings (SSSR count). The summed E-state index contributed by atoms with van der Waals surface area (Å²) < 4.78 is 5.35. The Kier molecular flexibility index (Phi) is 4.26. The van der Waals surface area contributed by atoms with Crippen LogP contribution >= 0.6 is 0 Å². The van der Waals surface area contributed by atoms with Gasteiger partial charge in [0.15, 0.2) is 0 Å². The predicted octanol–water partition coefficient (Wildman–Crippen LogP) is 4.07. The topological polar surface area (TPSA) is 12.5 Å². The molecule has 0 saturated carbocycles. The Morgan fingerprint density at radius 3 is 2.67 bits per heavy atom. The molecule has 0 unspecified atom stereocenters. The summed E-state index contributed by atoms with van der Waals surface area (Å²) >= 11 is 0. The first-order valence-electron chi connectivity index (χ1n) is 7.68. The van der Waals surface area contributed by atoms with Gasteiger partial charge in [-0.1, -0.05) is 42.5 Å². The molecule has 2 atom stereocenters. The maximum atomic E-state index is 5.35. The highest BCUT2D eigenvalue weighted by Crippen LogP contribution is 2.33. The summed E-state index contributed by atoms with van der Waals surface area (Å²) in [6, 6.07) is 19.9. The number of hydrogen-bond donors (Lipinski definition) is 0. The lowest BCUT2D eigenvalue weighted by atomic mass is 9.96. The van der Waals surface area contributed by atoms with Crippen LogP contribution in [0, 0.1) is 0 Å². The Hall–Kier alpha value is -1.80. The summed E-state index contributed by atoms with van der Waals surface area (Å²) in [7, 11) is 1.73. The van der Waals surface area contributed by atoms with Crippen molar-refractivity contribution in [3.63, 3.8) is 0 Å². The smallest absolute Gasteiger partial charge is 0.119 e. The maximum absolute atomic E-state index is 5.35. The monoisotopic (exact) mass is 281 g/mol. The highest BCUT2D eigenvalue weighted by Gasteiger charge is 2.29. The first-order chi connectivity index (χ1) is 10.3. The van der Waals surface area contributed by atoms with Crippen LogP contribution < -0.4 is 4.74 Å². The van der Waals surface area contributed by atoms with E-state index >= 15 is 0 Å². The van der Waals surface area contributed by atoms with Crippen LogP contribution in [0.25, 0.3) is 0 Å². The zero-order chi connectivity index (χ0) is 14.7. The number of methoxy groups -OCH3 is 1. The van der Waals surface area contributed by atoms with Crippen LogP contribution in [-0.4, -0.2) is 24.6 Å². The summed E-state index contributed by atoms with van der Waals surface area (Å²) in [5, 5.41) is 0. The normalized spacial score (nSPS) is 22.4. The number of nitrogens with zero attached hydrogens (tertiary/aromatic N) is 1. The van der Waals surface area contributed by atoms with Crippen LogP contribution in [0.1, 0.15) is 30.4 Å². The number of hydrogen-bond acceptors (Lipinski definition) is 2. The fourth-order valence-electron chi connectivity index (χ4n) is 3.27.